The summed E-state index contributed by atoms with van der Waals surface area (Å²) < 4.78 is 15.1. The zero-order chi connectivity index (χ0) is 82.6. The van der Waals surface area contributed by atoms with E-state index in [0.717, 1.165) is 89.1 Å². The van der Waals surface area contributed by atoms with Crippen molar-refractivity contribution in [2.75, 3.05) is 9.80 Å². The number of furan rings is 2. The zero-order valence-electron chi connectivity index (χ0n) is 71.7. The molecule has 0 amide bonds. The number of hydrogen-bond donors (Lipinski definition) is 0. The van der Waals surface area contributed by atoms with E-state index < -0.39 is 10.8 Å². The molecule has 2 heterocycles. The van der Waals surface area contributed by atoms with Crippen molar-refractivity contribution in [2.45, 2.75) is 143 Å². The maximum Gasteiger partial charge on any atom is 0.145 e. The van der Waals surface area contributed by atoms with Crippen LogP contribution in [0.5, 0.6) is 0 Å². The maximum absolute atomic E-state index is 7.55. The van der Waals surface area contributed by atoms with Gasteiger partial charge < -0.3 is 18.6 Å². The van der Waals surface area contributed by atoms with Crippen LogP contribution in [0.25, 0.3) is 154 Å². The molecule has 120 heavy (non-hydrogen) atoms. The molecule has 0 spiro atoms. The smallest absolute Gasteiger partial charge is 0.145 e. The Balaban J connectivity index is 0.748. The molecule has 4 nitrogen and oxygen atoms in total. The number of hydrogen-bond acceptors (Lipinski definition) is 4. The van der Waals surface area contributed by atoms with Crippen LogP contribution in [0.15, 0.2) is 324 Å². The van der Waals surface area contributed by atoms with E-state index in [1.165, 1.54) is 143 Å². The van der Waals surface area contributed by atoms with Gasteiger partial charge in [0.2, 0.25) is 0 Å². The van der Waals surface area contributed by atoms with Crippen LogP contribution < -0.4 is 9.80 Å². The van der Waals surface area contributed by atoms with E-state index in [0.29, 0.717) is 0 Å². The van der Waals surface area contributed by atoms with Crippen molar-refractivity contribution in [3.63, 3.8) is 0 Å². The lowest BCUT2D eigenvalue weighted by Gasteiger charge is -2.32. The third-order valence-electron chi connectivity index (χ3n) is 26.8. The molecule has 2 aliphatic rings. The average molecular weight is 1550 g/mol. The fourth-order valence-electron chi connectivity index (χ4n) is 21.1. The molecule has 17 aromatic carbocycles. The maximum atomic E-state index is 7.55. The van der Waals surface area contributed by atoms with E-state index >= 15 is 0 Å². The summed E-state index contributed by atoms with van der Waals surface area (Å²) in [5.41, 5.74) is 33.2. The summed E-state index contributed by atoms with van der Waals surface area (Å²) >= 11 is 0. The van der Waals surface area contributed by atoms with Crippen LogP contribution in [-0.2, 0) is 32.5 Å². The van der Waals surface area contributed by atoms with Gasteiger partial charge in [-0.05, 0) is 238 Å². The van der Waals surface area contributed by atoms with Gasteiger partial charge in [-0.3, -0.25) is 0 Å². The first-order chi connectivity index (χ1) is 57.6. The number of para-hydroxylation sites is 2. The van der Waals surface area contributed by atoms with E-state index in [1.54, 1.807) is 0 Å². The zero-order valence-corrected chi connectivity index (χ0v) is 71.7. The number of fused-ring (bicyclic) bond motifs is 19. The van der Waals surface area contributed by atoms with Gasteiger partial charge in [0.15, 0.2) is 0 Å². The van der Waals surface area contributed by atoms with Crippen molar-refractivity contribution in [3.05, 3.63) is 360 Å². The highest BCUT2D eigenvalue weighted by Gasteiger charge is 2.49. The Bertz CT molecular complexity index is 6730. The average Bonchev–Trinajstić information content (AvgIpc) is 1.50. The fourth-order valence-corrected chi connectivity index (χ4v) is 21.1. The van der Waals surface area contributed by atoms with Gasteiger partial charge in [-0.1, -0.05) is 353 Å². The van der Waals surface area contributed by atoms with Gasteiger partial charge in [0.25, 0.3) is 0 Å². The minimum atomic E-state index is -0.556. The molecule has 586 valence electrons. The van der Waals surface area contributed by atoms with Crippen molar-refractivity contribution in [1.29, 1.82) is 0 Å². The Labute approximate surface area is 705 Å². The second-order valence-corrected chi connectivity index (χ2v) is 39.1. The summed E-state index contributed by atoms with van der Waals surface area (Å²) in [5, 5.41) is 14.5. The molecule has 0 aliphatic heterocycles. The second-order valence-electron chi connectivity index (χ2n) is 39.1. The summed E-state index contributed by atoms with van der Waals surface area (Å²) in [6.07, 6.45) is 0. The monoisotopic (exact) mass is 1550 g/mol. The summed E-state index contributed by atoms with van der Waals surface area (Å²) in [4.78, 5) is 5.02. The molecule has 0 radical (unpaired) electrons. The summed E-state index contributed by atoms with van der Waals surface area (Å²) in [7, 11) is 0. The molecule has 4 heteroatoms. The molecule has 0 saturated heterocycles. The first-order valence-electron chi connectivity index (χ1n) is 42.9. The van der Waals surface area contributed by atoms with Crippen molar-refractivity contribution < 1.29 is 8.83 Å². The van der Waals surface area contributed by atoms with Gasteiger partial charge in [-0.15, -0.1) is 0 Å². The molecule has 0 atom stereocenters. The second kappa shape index (κ2) is 26.7. The lowest BCUT2D eigenvalue weighted by Crippen LogP contribution is -2.24. The molecule has 0 fully saturated rings. The number of benzene rings is 17. The van der Waals surface area contributed by atoms with Crippen molar-refractivity contribution in [2.24, 2.45) is 0 Å². The third-order valence-corrected chi connectivity index (χ3v) is 26.8. The quantitative estimate of drug-likeness (QED) is 0.137. The molecule has 2 aromatic heterocycles. The molecule has 0 bridgehead atoms. The number of anilines is 6. The first-order valence-corrected chi connectivity index (χ1v) is 42.9. The molecule has 2 aliphatic carbocycles. The highest BCUT2D eigenvalue weighted by molar-refractivity contribution is 6.22. The Morgan fingerprint density at radius 2 is 0.458 bits per heavy atom. The first kappa shape index (κ1) is 74.5. The largest absolute Gasteiger partial charge is 0.455 e. The number of rotatable bonds is 10. The van der Waals surface area contributed by atoms with Gasteiger partial charge in [-0.2, -0.15) is 0 Å². The lowest BCUT2D eigenvalue weighted by atomic mass is 9.72. The van der Waals surface area contributed by atoms with Gasteiger partial charge in [-0.25, -0.2) is 0 Å². The predicted octanol–water partition coefficient (Wildman–Crippen LogP) is 33.5. The number of nitrogens with zero attached hydrogens (tertiary/aromatic N) is 2. The predicted molar refractivity (Wildman–Crippen MR) is 512 cm³/mol. The van der Waals surface area contributed by atoms with E-state index in [-0.39, 0.29) is 21.7 Å². The SMILES string of the molecule is CC(C)(C)c1ccc(-c2ccc(N(c3ccc(-c4ccc(C(C)(C)C)c5ccccc45)cc3)c3cc4c(c5oc6ccccc6c35)-c3ccc5c(c3C4(C)C)C(C)(C)c3cc(N(c4ccc(-c6ccc(C(C)(C)C)c7ccccc67)cc4)c4ccc(-c6ccc(C(C)(C)C)c7ccccc67)cc4)c4c(oc6ccccc64)c3-5)cc2)c2ccccc12. The van der Waals surface area contributed by atoms with E-state index in [2.05, 4.69) is 436 Å². The third kappa shape index (κ3) is 11.5. The standard InChI is InChI=1S/C116H100N2O2/c1-111(2,3)93-63-59-77(81-29-17-21-33-85(81)93)69-41-49-73(50-42-69)117(74-51-43-70(44-52-74)78-60-64-94(112(4,5)6)86-34-22-18-30-82(78)86)99-67-97-103(109-105(99)89-37-25-27-39-101(89)119-109)91-57-58-92-104-98(116(15,16)108(92)107(91)115(97,13)14)68-100(106-90-38-26-28-40-102(90)120-110(104)106)118(75-53-45-71(46-54-75)79-61-65-95(113(7,8)9)87-35-23-19-31-83(79)87)76-55-47-72(48-56-76)80-62-66-96(114(10,11)12)88-36-24-20-32-84(80)88/h17-68H,1-16H3. The van der Waals surface area contributed by atoms with Gasteiger partial charge in [0.1, 0.15) is 22.3 Å². The molecule has 0 N–H and O–H groups in total. The lowest BCUT2D eigenvalue weighted by molar-refractivity contribution is 0.595. The van der Waals surface area contributed by atoms with E-state index in [9.17, 15) is 0 Å². The summed E-state index contributed by atoms with van der Waals surface area (Å²) in [6, 6.07) is 119. The van der Waals surface area contributed by atoms with Gasteiger partial charge >= 0.3 is 0 Å². The van der Waals surface area contributed by atoms with Crippen LogP contribution in [0, 0.1) is 0 Å². The van der Waals surface area contributed by atoms with Crippen molar-refractivity contribution in [3.8, 4) is 66.8 Å². The Kier molecular flexibility index (Phi) is 16.6. The van der Waals surface area contributed by atoms with E-state index in [4.69, 9.17) is 8.83 Å². The van der Waals surface area contributed by atoms with Crippen LogP contribution in [0.4, 0.5) is 34.1 Å². The van der Waals surface area contributed by atoms with Crippen LogP contribution in [0.3, 0.4) is 0 Å². The molecular weight excluding hydrogens is 1450 g/mol. The highest BCUT2D eigenvalue weighted by Crippen LogP contribution is 2.65. The van der Waals surface area contributed by atoms with E-state index in [1.807, 2.05) is 0 Å². The minimum Gasteiger partial charge on any atom is -0.455 e. The molecular formula is C116H100N2O2. The highest BCUT2D eigenvalue weighted by atomic mass is 16.3. The van der Waals surface area contributed by atoms with Crippen LogP contribution in [0.2, 0.25) is 0 Å². The topological polar surface area (TPSA) is 32.8 Å². The molecule has 0 unspecified atom stereocenters. The van der Waals surface area contributed by atoms with Crippen molar-refractivity contribution >= 4 is 121 Å². The van der Waals surface area contributed by atoms with Crippen LogP contribution in [0.1, 0.15) is 155 Å². The normalized spacial score (nSPS) is 13.8. The fraction of sp³-hybridized carbons (Fsp3) is 0.190. The van der Waals surface area contributed by atoms with Crippen LogP contribution >= 0.6 is 0 Å². The summed E-state index contributed by atoms with van der Waals surface area (Å²) in [6.45, 7) is 37.6. The van der Waals surface area contributed by atoms with Gasteiger partial charge in [0.05, 0.1) is 22.1 Å². The Hall–Kier alpha value is -13.0. The van der Waals surface area contributed by atoms with Gasteiger partial charge in [0, 0.05) is 55.5 Å². The van der Waals surface area contributed by atoms with Crippen molar-refractivity contribution in [1.82, 2.24) is 0 Å². The Morgan fingerprint density at radius 1 is 0.233 bits per heavy atom. The van der Waals surface area contributed by atoms with Crippen LogP contribution in [-0.4, -0.2) is 0 Å². The molecule has 19 aromatic rings. The molecule has 21 rings (SSSR count). The minimum absolute atomic E-state index is 0.0223. The molecule has 0 saturated carbocycles. The summed E-state index contributed by atoms with van der Waals surface area (Å²) in [5.74, 6) is 0. The Morgan fingerprint density at radius 3 is 0.708 bits per heavy atom.